The van der Waals surface area contributed by atoms with Gasteiger partial charge in [-0.2, -0.15) is 0 Å². The van der Waals surface area contributed by atoms with Gasteiger partial charge in [-0.25, -0.2) is 4.98 Å². The molecule has 0 aliphatic carbocycles. The van der Waals surface area contributed by atoms with Crippen LogP contribution in [0.1, 0.15) is 30.3 Å². The molecule has 102 valence electrons. The molecule has 2 rings (SSSR count). The summed E-state index contributed by atoms with van der Waals surface area (Å²) >= 11 is 1.45. The number of anilines is 1. The van der Waals surface area contributed by atoms with Crippen LogP contribution in [0.2, 0.25) is 0 Å². The average Bonchev–Trinajstić information content (AvgIpc) is 2.75. The molecule has 0 fully saturated rings. The standard InChI is InChI=1S/C13H17N3O2S/c1-3-4-5-12(18)16-7-6-10-11(8-16)19-13(15-10)14-9(2)17/h3H,1,4-8H2,2H3,(H,14,15,17). The van der Waals surface area contributed by atoms with Gasteiger partial charge in [0.1, 0.15) is 0 Å². The Hall–Kier alpha value is -1.69. The topological polar surface area (TPSA) is 62.3 Å². The highest BCUT2D eigenvalue weighted by Gasteiger charge is 2.23. The molecule has 1 aromatic rings. The van der Waals surface area contributed by atoms with Crippen molar-refractivity contribution in [1.82, 2.24) is 9.88 Å². The molecular formula is C13H17N3O2S. The second kappa shape index (κ2) is 5.97. The summed E-state index contributed by atoms with van der Waals surface area (Å²) in [6, 6.07) is 0. The quantitative estimate of drug-likeness (QED) is 0.857. The van der Waals surface area contributed by atoms with Crippen LogP contribution >= 0.6 is 11.3 Å². The third-order valence-electron chi connectivity index (χ3n) is 2.93. The van der Waals surface area contributed by atoms with Gasteiger partial charge in [0, 0.05) is 31.2 Å². The zero-order chi connectivity index (χ0) is 13.8. The molecule has 0 unspecified atom stereocenters. The van der Waals surface area contributed by atoms with Crippen molar-refractivity contribution in [2.75, 3.05) is 11.9 Å². The van der Waals surface area contributed by atoms with Crippen LogP contribution in [0.5, 0.6) is 0 Å². The summed E-state index contributed by atoms with van der Waals surface area (Å²) in [5, 5.41) is 3.32. The molecule has 0 atom stereocenters. The number of thiazole rings is 1. The van der Waals surface area contributed by atoms with Gasteiger partial charge in [0.15, 0.2) is 5.13 Å². The Morgan fingerprint density at radius 1 is 1.58 bits per heavy atom. The molecule has 0 saturated heterocycles. The first-order valence-corrected chi connectivity index (χ1v) is 7.06. The number of fused-ring (bicyclic) bond motifs is 1. The molecule has 1 aromatic heterocycles. The van der Waals surface area contributed by atoms with E-state index >= 15 is 0 Å². The van der Waals surface area contributed by atoms with E-state index in [1.807, 2.05) is 4.90 Å². The van der Waals surface area contributed by atoms with Gasteiger partial charge < -0.3 is 10.2 Å². The van der Waals surface area contributed by atoms with Crippen molar-refractivity contribution in [2.45, 2.75) is 32.7 Å². The number of allylic oxidation sites excluding steroid dienone is 1. The lowest BCUT2D eigenvalue weighted by molar-refractivity contribution is -0.132. The Morgan fingerprint density at radius 3 is 3.05 bits per heavy atom. The van der Waals surface area contributed by atoms with Crippen molar-refractivity contribution >= 4 is 28.3 Å². The molecule has 19 heavy (non-hydrogen) atoms. The minimum absolute atomic E-state index is 0.120. The molecule has 0 aromatic carbocycles. The summed E-state index contributed by atoms with van der Waals surface area (Å²) in [5.74, 6) is 0.0324. The second-order valence-electron chi connectivity index (χ2n) is 4.46. The molecule has 0 spiro atoms. The van der Waals surface area contributed by atoms with E-state index < -0.39 is 0 Å². The van der Waals surface area contributed by atoms with Gasteiger partial charge in [-0.1, -0.05) is 17.4 Å². The van der Waals surface area contributed by atoms with Crippen LogP contribution in [-0.4, -0.2) is 28.2 Å². The number of hydrogen-bond donors (Lipinski definition) is 1. The van der Waals surface area contributed by atoms with Crippen LogP contribution in [0.4, 0.5) is 5.13 Å². The molecule has 2 heterocycles. The highest BCUT2D eigenvalue weighted by atomic mass is 32.1. The van der Waals surface area contributed by atoms with Crippen LogP contribution in [0, 0.1) is 0 Å². The van der Waals surface area contributed by atoms with Crippen LogP contribution in [0.3, 0.4) is 0 Å². The molecular weight excluding hydrogens is 262 g/mol. The Kier molecular flexibility index (Phi) is 4.31. The van der Waals surface area contributed by atoms with Crippen molar-refractivity contribution in [3.63, 3.8) is 0 Å². The van der Waals surface area contributed by atoms with Gasteiger partial charge in [0.25, 0.3) is 0 Å². The van der Waals surface area contributed by atoms with E-state index in [4.69, 9.17) is 0 Å². The summed E-state index contributed by atoms with van der Waals surface area (Å²) in [5.41, 5.74) is 1.00. The van der Waals surface area contributed by atoms with E-state index in [0.717, 1.165) is 17.0 Å². The molecule has 5 nitrogen and oxygen atoms in total. The molecule has 1 aliphatic heterocycles. The summed E-state index contributed by atoms with van der Waals surface area (Å²) < 4.78 is 0. The maximum Gasteiger partial charge on any atom is 0.223 e. The first kappa shape index (κ1) is 13.7. The number of carbonyl (C=O) groups excluding carboxylic acids is 2. The lowest BCUT2D eigenvalue weighted by atomic mass is 10.1. The maximum absolute atomic E-state index is 11.9. The maximum atomic E-state index is 11.9. The van der Waals surface area contributed by atoms with Gasteiger partial charge in [0.2, 0.25) is 11.8 Å². The van der Waals surface area contributed by atoms with E-state index in [1.54, 1.807) is 6.08 Å². The highest BCUT2D eigenvalue weighted by molar-refractivity contribution is 7.15. The fourth-order valence-electron chi connectivity index (χ4n) is 2.00. The van der Waals surface area contributed by atoms with E-state index in [9.17, 15) is 9.59 Å². The summed E-state index contributed by atoms with van der Waals surface area (Å²) in [6.07, 6.45) is 3.73. The normalized spacial score (nSPS) is 13.8. The monoisotopic (exact) mass is 279 g/mol. The zero-order valence-electron chi connectivity index (χ0n) is 10.9. The molecule has 0 saturated carbocycles. The van der Waals surface area contributed by atoms with E-state index in [2.05, 4.69) is 16.9 Å². The fraction of sp³-hybridized carbons (Fsp3) is 0.462. The minimum Gasteiger partial charge on any atom is -0.337 e. The molecule has 0 bridgehead atoms. The van der Waals surface area contributed by atoms with Gasteiger partial charge in [-0.3, -0.25) is 9.59 Å². The minimum atomic E-state index is -0.120. The van der Waals surface area contributed by atoms with Crippen molar-refractivity contribution in [3.8, 4) is 0 Å². The van der Waals surface area contributed by atoms with E-state index in [-0.39, 0.29) is 11.8 Å². The van der Waals surface area contributed by atoms with Crippen molar-refractivity contribution in [1.29, 1.82) is 0 Å². The third-order valence-corrected chi connectivity index (χ3v) is 3.93. The Bertz CT molecular complexity index is 510. The van der Waals surface area contributed by atoms with Crippen LogP contribution in [0.25, 0.3) is 0 Å². The number of carbonyl (C=O) groups is 2. The molecule has 1 N–H and O–H groups in total. The smallest absolute Gasteiger partial charge is 0.223 e. The third kappa shape index (κ3) is 3.41. The van der Waals surface area contributed by atoms with Gasteiger partial charge in [0.05, 0.1) is 12.2 Å². The number of aromatic nitrogens is 1. The van der Waals surface area contributed by atoms with E-state index in [0.29, 0.717) is 31.1 Å². The molecule has 2 amide bonds. The number of hydrogen-bond acceptors (Lipinski definition) is 4. The Balaban J connectivity index is 2.02. The number of rotatable bonds is 4. The van der Waals surface area contributed by atoms with Crippen molar-refractivity contribution in [3.05, 3.63) is 23.2 Å². The molecule has 6 heteroatoms. The lowest BCUT2D eigenvalue weighted by Gasteiger charge is -2.25. The Morgan fingerprint density at radius 2 is 2.37 bits per heavy atom. The van der Waals surface area contributed by atoms with Crippen LogP contribution in [-0.2, 0) is 22.6 Å². The number of nitrogens with one attached hydrogen (secondary N) is 1. The van der Waals surface area contributed by atoms with Gasteiger partial charge >= 0.3 is 0 Å². The summed E-state index contributed by atoms with van der Waals surface area (Å²) in [6.45, 7) is 6.39. The lowest BCUT2D eigenvalue weighted by Crippen LogP contribution is -2.35. The molecule has 1 aliphatic rings. The summed E-state index contributed by atoms with van der Waals surface area (Å²) in [7, 11) is 0. The first-order valence-electron chi connectivity index (χ1n) is 6.25. The van der Waals surface area contributed by atoms with Crippen molar-refractivity contribution < 1.29 is 9.59 Å². The first-order chi connectivity index (χ1) is 9.10. The fourth-order valence-corrected chi connectivity index (χ4v) is 3.07. The van der Waals surface area contributed by atoms with Crippen LogP contribution in [0.15, 0.2) is 12.7 Å². The highest BCUT2D eigenvalue weighted by Crippen LogP contribution is 2.28. The van der Waals surface area contributed by atoms with Gasteiger partial charge in [-0.15, -0.1) is 6.58 Å². The van der Waals surface area contributed by atoms with Crippen molar-refractivity contribution in [2.24, 2.45) is 0 Å². The average molecular weight is 279 g/mol. The SMILES string of the molecule is C=CCCC(=O)N1CCc2nc(NC(C)=O)sc2C1. The predicted octanol–water partition coefficient (Wildman–Crippen LogP) is 1.95. The summed E-state index contributed by atoms with van der Waals surface area (Å²) in [4.78, 5) is 30.2. The van der Waals surface area contributed by atoms with Crippen LogP contribution < -0.4 is 5.32 Å². The molecule has 0 radical (unpaired) electrons. The van der Waals surface area contributed by atoms with Gasteiger partial charge in [-0.05, 0) is 6.42 Å². The number of nitrogens with zero attached hydrogens (tertiary/aromatic N) is 2. The second-order valence-corrected chi connectivity index (χ2v) is 5.55. The zero-order valence-corrected chi connectivity index (χ0v) is 11.8. The number of amides is 2. The van der Waals surface area contributed by atoms with E-state index in [1.165, 1.54) is 18.3 Å². The largest absolute Gasteiger partial charge is 0.337 e. The predicted molar refractivity (Wildman–Crippen MR) is 75.0 cm³/mol. The Labute approximate surface area is 116 Å².